The van der Waals surface area contributed by atoms with Gasteiger partial charge >= 0.3 is 0 Å². The van der Waals surface area contributed by atoms with Crippen molar-refractivity contribution in [1.82, 2.24) is 0 Å². The van der Waals surface area contributed by atoms with Crippen molar-refractivity contribution in [2.45, 2.75) is 26.4 Å². The zero-order valence-electron chi connectivity index (χ0n) is 12.3. The largest absolute Gasteiger partial charge is 0.491 e. The molecule has 2 aromatic rings. The van der Waals surface area contributed by atoms with Gasteiger partial charge < -0.3 is 15.8 Å². The zero-order chi connectivity index (χ0) is 15.2. The number of carbonyl (C=O) groups excluding carboxylic acids is 1. The summed E-state index contributed by atoms with van der Waals surface area (Å²) in [7, 11) is 0. The normalized spacial score (nSPS) is 11.7. The van der Waals surface area contributed by atoms with Crippen molar-refractivity contribution >= 4 is 17.3 Å². The first-order chi connectivity index (χ1) is 10.1. The standard InChI is InChI=1S/C17H20N2O2/c1-3-12(2)21-14-8-6-7-13(11-14)19-17(20)15-9-4-5-10-16(15)18/h4-12H,3,18H2,1-2H3,(H,19,20). The van der Waals surface area contributed by atoms with Crippen LogP contribution in [0.25, 0.3) is 0 Å². The van der Waals surface area contributed by atoms with Gasteiger partial charge in [0.15, 0.2) is 0 Å². The van der Waals surface area contributed by atoms with E-state index < -0.39 is 0 Å². The van der Waals surface area contributed by atoms with Crippen LogP contribution < -0.4 is 15.8 Å². The van der Waals surface area contributed by atoms with Gasteiger partial charge in [-0.1, -0.05) is 25.1 Å². The molecule has 2 rings (SSSR count). The fourth-order valence-corrected chi connectivity index (χ4v) is 1.87. The highest BCUT2D eigenvalue weighted by atomic mass is 16.5. The summed E-state index contributed by atoms with van der Waals surface area (Å²) in [4.78, 5) is 12.2. The number of ether oxygens (including phenoxy) is 1. The minimum Gasteiger partial charge on any atom is -0.491 e. The molecule has 0 aliphatic heterocycles. The summed E-state index contributed by atoms with van der Waals surface area (Å²) in [6.45, 7) is 4.07. The van der Waals surface area contributed by atoms with Crippen molar-refractivity contribution in [3.05, 3.63) is 54.1 Å². The summed E-state index contributed by atoms with van der Waals surface area (Å²) in [5, 5.41) is 2.83. The molecule has 0 heterocycles. The number of benzene rings is 2. The molecule has 0 aromatic heterocycles. The zero-order valence-corrected chi connectivity index (χ0v) is 12.3. The van der Waals surface area contributed by atoms with Gasteiger partial charge in [0.05, 0.1) is 11.7 Å². The van der Waals surface area contributed by atoms with Crippen LogP contribution in [0, 0.1) is 0 Å². The van der Waals surface area contributed by atoms with Crippen LogP contribution in [-0.4, -0.2) is 12.0 Å². The minimum atomic E-state index is -0.228. The van der Waals surface area contributed by atoms with Crippen molar-refractivity contribution in [3.63, 3.8) is 0 Å². The van der Waals surface area contributed by atoms with Gasteiger partial charge in [0.1, 0.15) is 5.75 Å². The maximum Gasteiger partial charge on any atom is 0.257 e. The molecule has 0 bridgehead atoms. The van der Waals surface area contributed by atoms with E-state index in [1.807, 2.05) is 31.2 Å². The maximum absolute atomic E-state index is 12.2. The topological polar surface area (TPSA) is 64.3 Å². The van der Waals surface area contributed by atoms with E-state index in [2.05, 4.69) is 12.2 Å². The quantitative estimate of drug-likeness (QED) is 0.823. The lowest BCUT2D eigenvalue weighted by Gasteiger charge is -2.14. The van der Waals surface area contributed by atoms with Crippen molar-refractivity contribution in [2.24, 2.45) is 0 Å². The second kappa shape index (κ2) is 6.79. The van der Waals surface area contributed by atoms with Crippen LogP contribution in [0.3, 0.4) is 0 Å². The minimum absolute atomic E-state index is 0.140. The molecule has 0 radical (unpaired) electrons. The molecule has 0 spiro atoms. The third-order valence-corrected chi connectivity index (χ3v) is 3.21. The van der Waals surface area contributed by atoms with Gasteiger partial charge in [0, 0.05) is 17.4 Å². The Kier molecular flexibility index (Phi) is 4.82. The lowest BCUT2D eigenvalue weighted by Crippen LogP contribution is -2.14. The first-order valence-electron chi connectivity index (χ1n) is 7.02. The Morgan fingerprint density at radius 2 is 2.00 bits per heavy atom. The monoisotopic (exact) mass is 284 g/mol. The van der Waals surface area contributed by atoms with Crippen molar-refractivity contribution in [2.75, 3.05) is 11.1 Å². The second-order valence-corrected chi connectivity index (χ2v) is 4.91. The predicted octanol–water partition coefficient (Wildman–Crippen LogP) is 3.70. The molecule has 2 aromatic carbocycles. The highest BCUT2D eigenvalue weighted by Crippen LogP contribution is 2.20. The van der Waals surface area contributed by atoms with E-state index in [1.54, 1.807) is 24.3 Å². The Bertz CT molecular complexity index is 626. The molecule has 0 saturated heterocycles. The maximum atomic E-state index is 12.2. The Hall–Kier alpha value is -2.49. The van der Waals surface area contributed by atoms with Crippen LogP contribution >= 0.6 is 0 Å². The Balaban J connectivity index is 2.11. The molecule has 1 atom stereocenters. The summed E-state index contributed by atoms with van der Waals surface area (Å²) >= 11 is 0. The fraction of sp³-hybridized carbons (Fsp3) is 0.235. The lowest BCUT2D eigenvalue weighted by molar-refractivity contribution is 0.102. The van der Waals surface area contributed by atoms with E-state index in [4.69, 9.17) is 10.5 Å². The van der Waals surface area contributed by atoms with Crippen molar-refractivity contribution < 1.29 is 9.53 Å². The van der Waals surface area contributed by atoms with Gasteiger partial charge in [-0.15, -0.1) is 0 Å². The van der Waals surface area contributed by atoms with Gasteiger partial charge in [-0.05, 0) is 37.6 Å². The predicted molar refractivity (Wildman–Crippen MR) is 85.6 cm³/mol. The average Bonchev–Trinajstić information content (AvgIpc) is 2.47. The SMILES string of the molecule is CCC(C)Oc1cccc(NC(=O)c2ccccc2N)c1. The molecular formula is C17H20N2O2. The van der Waals surface area contributed by atoms with E-state index in [0.717, 1.165) is 12.2 Å². The molecule has 0 aliphatic rings. The Labute approximate surface area is 124 Å². The molecule has 4 nitrogen and oxygen atoms in total. The van der Waals surface area contributed by atoms with Crippen LogP contribution in [0.5, 0.6) is 5.75 Å². The lowest BCUT2D eigenvalue weighted by atomic mass is 10.1. The smallest absolute Gasteiger partial charge is 0.257 e. The van der Waals surface area contributed by atoms with Crippen LogP contribution in [0.1, 0.15) is 30.6 Å². The second-order valence-electron chi connectivity index (χ2n) is 4.91. The Morgan fingerprint density at radius 1 is 1.24 bits per heavy atom. The highest BCUT2D eigenvalue weighted by molar-refractivity contribution is 6.07. The molecule has 0 aliphatic carbocycles. The first-order valence-corrected chi connectivity index (χ1v) is 7.02. The van der Waals surface area contributed by atoms with Crippen LogP contribution in [0.2, 0.25) is 0 Å². The fourth-order valence-electron chi connectivity index (χ4n) is 1.87. The number of hydrogen-bond acceptors (Lipinski definition) is 3. The number of carbonyl (C=O) groups is 1. The van der Waals surface area contributed by atoms with Crippen LogP contribution in [0.15, 0.2) is 48.5 Å². The molecule has 1 amide bonds. The summed E-state index contributed by atoms with van der Waals surface area (Å²) in [5.74, 6) is 0.511. The molecule has 110 valence electrons. The van der Waals surface area contributed by atoms with Crippen molar-refractivity contribution in [3.8, 4) is 5.75 Å². The summed E-state index contributed by atoms with van der Waals surface area (Å²) in [6.07, 6.45) is 1.07. The summed E-state index contributed by atoms with van der Waals surface area (Å²) in [6, 6.07) is 14.3. The molecule has 21 heavy (non-hydrogen) atoms. The third kappa shape index (κ3) is 3.99. The van der Waals surface area contributed by atoms with Gasteiger partial charge in [0.2, 0.25) is 0 Å². The van der Waals surface area contributed by atoms with Crippen molar-refractivity contribution in [1.29, 1.82) is 0 Å². The molecule has 0 saturated carbocycles. The van der Waals surface area contributed by atoms with Gasteiger partial charge in [0.25, 0.3) is 5.91 Å². The summed E-state index contributed by atoms with van der Waals surface area (Å²) < 4.78 is 5.74. The van der Waals surface area contributed by atoms with E-state index in [0.29, 0.717) is 16.9 Å². The average molecular weight is 284 g/mol. The highest BCUT2D eigenvalue weighted by Gasteiger charge is 2.10. The number of rotatable bonds is 5. The number of nitrogen functional groups attached to an aromatic ring is 1. The number of para-hydroxylation sites is 1. The molecule has 4 heteroatoms. The van der Waals surface area contributed by atoms with Gasteiger partial charge in [-0.3, -0.25) is 4.79 Å². The van der Waals surface area contributed by atoms with E-state index in [9.17, 15) is 4.79 Å². The van der Waals surface area contributed by atoms with Crippen LogP contribution in [-0.2, 0) is 0 Å². The number of anilines is 2. The Morgan fingerprint density at radius 3 is 2.71 bits per heavy atom. The molecule has 1 unspecified atom stereocenters. The van der Waals surface area contributed by atoms with E-state index in [1.165, 1.54) is 0 Å². The number of nitrogens with two attached hydrogens (primary N) is 1. The number of nitrogens with one attached hydrogen (secondary N) is 1. The molecule has 3 N–H and O–H groups in total. The molecular weight excluding hydrogens is 264 g/mol. The van der Waals surface area contributed by atoms with Crippen LogP contribution in [0.4, 0.5) is 11.4 Å². The first kappa shape index (κ1) is 14.9. The van der Waals surface area contributed by atoms with Gasteiger partial charge in [-0.2, -0.15) is 0 Å². The third-order valence-electron chi connectivity index (χ3n) is 3.21. The number of hydrogen-bond donors (Lipinski definition) is 2. The van der Waals surface area contributed by atoms with Gasteiger partial charge in [-0.25, -0.2) is 0 Å². The molecule has 0 fully saturated rings. The summed E-state index contributed by atoms with van der Waals surface area (Å²) in [5.41, 5.74) is 7.41. The number of amides is 1. The van der Waals surface area contributed by atoms with E-state index >= 15 is 0 Å². The van der Waals surface area contributed by atoms with E-state index in [-0.39, 0.29) is 12.0 Å².